The topological polar surface area (TPSA) is 21.1 Å². The Morgan fingerprint density at radius 3 is 2.76 bits per heavy atom. The van der Waals surface area contributed by atoms with Crippen LogP contribution in [0.15, 0.2) is 24.3 Å². The van der Waals surface area contributed by atoms with E-state index < -0.39 is 0 Å². The Hall–Kier alpha value is -1.06. The number of aromatic nitrogens is 2. The van der Waals surface area contributed by atoms with Crippen molar-refractivity contribution in [3.63, 3.8) is 0 Å². The molecular weight excluding hydrogens is 234 g/mol. The van der Waals surface area contributed by atoms with Crippen LogP contribution < -0.4 is 0 Å². The molecule has 3 nitrogen and oxygen atoms in total. The number of aryl methyl sites for hydroxylation is 1. The van der Waals surface area contributed by atoms with Crippen molar-refractivity contribution >= 4 is 22.6 Å². The van der Waals surface area contributed by atoms with Crippen LogP contribution in [0.1, 0.15) is 5.82 Å². The van der Waals surface area contributed by atoms with E-state index in [-0.39, 0.29) is 0 Å². The Kier molecular flexibility index (Phi) is 4.02. The zero-order valence-corrected chi connectivity index (χ0v) is 11.1. The van der Waals surface area contributed by atoms with Crippen molar-refractivity contribution < 1.29 is 0 Å². The Labute approximate surface area is 107 Å². The van der Waals surface area contributed by atoms with E-state index in [1.165, 1.54) is 5.52 Å². The summed E-state index contributed by atoms with van der Waals surface area (Å²) in [6, 6.07) is 8.26. The van der Waals surface area contributed by atoms with Gasteiger partial charge in [0.05, 0.1) is 11.0 Å². The molecule has 0 spiro atoms. The van der Waals surface area contributed by atoms with Gasteiger partial charge in [0.1, 0.15) is 5.82 Å². The average molecular weight is 252 g/mol. The molecule has 0 aliphatic rings. The Bertz CT molecular complexity index is 490. The summed E-state index contributed by atoms with van der Waals surface area (Å²) < 4.78 is 2.28. The van der Waals surface area contributed by atoms with E-state index in [1.807, 2.05) is 6.07 Å². The third-order valence-electron chi connectivity index (χ3n) is 2.82. The van der Waals surface area contributed by atoms with Crippen LogP contribution in [0, 0.1) is 0 Å². The first-order valence-electron chi connectivity index (χ1n) is 5.87. The molecule has 1 aromatic carbocycles. The molecule has 0 aliphatic heterocycles. The lowest BCUT2D eigenvalue weighted by atomic mass is 10.3. The van der Waals surface area contributed by atoms with E-state index in [9.17, 15) is 0 Å². The van der Waals surface area contributed by atoms with Crippen LogP contribution in [-0.4, -0.2) is 41.0 Å². The molecule has 17 heavy (non-hydrogen) atoms. The largest absolute Gasteiger partial charge is 0.327 e. The molecule has 0 atom stereocenters. The number of imidazole rings is 1. The van der Waals surface area contributed by atoms with Crippen LogP contribution in [-0.2, 0) is 13.0 Å². The van der Waals surface area contributed by atoms with Crippen molar-refractivity contribution in [2.24, 2.45) is 0 Å². The van der Waals surface area contributed by atoms with E-state index in [0.717, 1.165) is 30.9 Å². The van der Waals surface area contributed by atoms with Gasteiger partial charge in [0.25, 0.3) is 0 Å². The van der Waals surface area contributed by atoms with Gasteiger partial charge in [-0.1, -0.05) is 12.1 Å². The van der Waals surface area contributed by atoms with Crippen LogP contribution in [0.4, 0.5) is 0 Å². The average Bonchev–Trinajstić information content (AvgIpc) is 2.64. The van der Waals surface area contributed by atoms with Crippen molar-refractivity contribution in [2.45, 2.75) is 13.0 Å². The lowest BCUT2D eigenvalue weighted by molar-refractivity contribution is 0.383. The van der Waals surface area contributed by atoms with Crippen LogP contribution in [0.5, 0.6) is 0 Å². The molecule has 0 aliphatic carbocycles. The van der Waals surface area contributed by atoms with Crippen LogP contribution in [0.3, 0.4) is 0 Å². The second kappa shape index (κ2) is 5.52. The third kappa shape index (κ3) is 2.79. The number of rotatable bonds is 5. The zero-order chi connectivity index (χ0) is 12.3. The lowest BCUT2D eigenvalue weighted by Gasteiger charge is -2.12. The number of hydrogen-bond acceptors (Lipinski definition) is 2. The van der Waals surface area contributed by atoms with E-state index in [0.29, 0.717) is 5.88 Å². The molecule has 1 heterocycles. The summed E-state index contributed by atoms with van der Waals surface area (Å²) in [7, 11) is 4.17. The smallest absolute Gasteiger partial charge is 0.111 e. The predicted octanol–water partition coefficient (Wildman–Crippen LogP) is 2.38. The van der Waals surface area contributed by atoms with Crippen molar-refractivity contribution in [1.29, 1.82) is 0 Å². The van der Waals surface area contributed by atoms with E-state index >= 15 is 0 Å². The summed E-state index contributed by atoms with van der Waals surface area (Å²) in [5.74, 6) is 1.70. The lowest BCUT2D eigenvalue weighted by Crippen LogP contribution is -2.19. The molecule has 0 saturated heterocycles. The fourth-order valence-electron chi connectivity index (χ4n) is 1.95. The summed E-state index contributed by atoms with van der Waals surface area (Å²) in [4.78, 5) is 6.82. The maximum atomic E-state index is 5.83. The first kappa shape index (κ1) is 12.4. The number of para-hydroxylation sites is 2. The maximum Gasteiger partial charge on any atom is 0.111 e. The van der Waals surface area contributed by atoms with Gasteiger partial charge in [-0.05, 0) is 26.2 Å². The molecule has 0 fully saturated rings. The normalized spacial score (nSPS) is 11.5. The summed E-state index contributed by atoms with van der Waals surface area (Å²) >= 11 is 5.83. The number of halogens is 1. The van der Waals surface area contributed by atoms with Gasteiger partial charge in [-0.3, -0.25) is 0 Å². The molecule has 0 saturated carbocycles. The fourth-order valence-corrected chi connectivity index (χ4v) is 2.12. The van der Waals surface area contributed by atoms with Gasteiger partial charge >= 0.3 is 0 Å². The SMILES string of the molecule is CN(C)CCn1c(CCCl)nc2ccccc21. The Morgan fingerprint density at radius 2 is 2.06 bits per heavy atom. The number of hydrogen-bond donors (Lipinski definition) is 0. The Balaban J connectivity index is 2.37. The molecule has 1 aromatic heterocycles. The van der Waals surface area contributed by atoms with Crippen LogP contribution in [0.25, 0.3) is 11.0 Å². The second-order valence-electron chi connectivity index (χ2n) is 4.41. The van der Waals surface area contributed by atoms with Crippen LogP contribution in [0.2, 0.25) is 0 Å². The number of likely N-dealkylation sites (N-methyl/N-ethyl adjacent to an activating group) is 1. The minimum atomic E-state index is 0.616. The zero-order valence-electron chi connectivity index (χ0n) is 10.4. The highest BCUT2D eigenvalue weighted by atomic mass is 35.5. The summed E-state index contributed by atoms with van der Waals surface area (Å²) in [5.41, 5.74) is 2.26. The van der Waals surface area contributed by atoms with E-state index in [1.54, 1.807) is 0 Å². The third-order valence-corrected chi connectivity index (χ3v) is 3.01. The van der Waals surface area contributed by atoms with E-state index in [4.69, 9.17) is 11.6 Å². The molecule has 92 valence electrons. The molecule has 0 N–H and O–H groups in total. The molecule has 0 amide bonds. The number of alkyl halides is 1. The number of benzene rings is 1. The molecule has 2 aromatic rings. The second-order valence-corrected chi connectivity index (χ2v) is 4.79. The van der Waals surface area contributed by atoms with Crippen molar-refractivity contribution in [3.8, 4) is 0 Å². The van der Waals surface area contributed by atoms with Gasteiger partial charge in [-0.25, -0.2) is 4.98 Å². The summed E-state index contributed by atoms with van der Waals surface area (Å²) in [5, 5.41) is 0. The first-order valence-corrected chi connectivity index (χ1v) is 6.40. The predicted molar refractivity (Wildman–Crippen MR) is 72.7 cm³/mol. The highest BCUT2D eigenvalue weighted by Crippen LogP contribution is 2.16. The molecule has 2 rings (SSSR count). The summed E-state index contributed by atoms with van der Waals surface area (Å²) in [6.45, 7) is 1.97. The van der Waals surface area contributed by atoms with Gasteiger partial charge in [0, 0.05) is 25.4 Å². The van der Waals surface area contributed by atoms with Gasteiger partial charge in [0.15, 0.2) is 0 Å². The van der Waals surface area contributed by atoms with Gasteiger partial charge in [0.2, 0.25) is 0 Å². The number of fused-ring (bicyclic) bond motifs is 1. The fraction of sp³-hybridized carbons (Fsp3) is 0.462. The van der Waals surface area contributed by atoms with Gasteiger partial charge in [-0.2, -0.15) is 0 Å². The Morgan fingerprint density at radius 1 is 1.29 bits per heavy atom. The molecule has 0 unspecified atom stereocenters. The summed E-state index contributed by atoms with van der Waals surface area (Å²) in [6.07, 6.45) is 0.823. The molecule has 0 bridgehead atoms. The number of nitrogens with zero attached hydrogens (tertiary/aromatic N) is 3. The quantitative estimate of drug-likeness (QED) is 0.761. The standard InChI is InChI=1S/C13H18ClN3/c1-16(2)9-10-17-12-6-4-3-5-11(12)15-13(17)7-8-14/h3-6H,7-10H2,1-2H3. The molecule has 4 heteroatoms. The molecule has 0 radical (unpaired) electrons. The maximum absolute atomic E-state index is 5.83. The minimum Gasteiger partial charge on any atom is -0.327 e. The van der Waals surface area contributed by atoms with Crippen molar-refractivity contribution in [3.05, 3.63) is 30.1 Å². The minimum absolute atomic E-state index is 0.616. The van der Waals surface area contributed by atoms with Gasteiger partial charge in [-0.15, -0.1) is 11.6 Å². The van der Waals surface area contributed by atoms with Crippen molar-refractivity contribution in [2.75, 3.05) is 26.5 Å². The monoisotopic (exact) mass is 251 g/mol. The van der Waals surface area contributed by atoms with Crippen molar-refractivity contribution in [1.82, 2.24) is 14.5 Å². The van der Waals surface area contributed by atoms with E-state index in [2.05, 4.69) is 46.7 Å². The van der Waals surface area contributed by atoms with Gasteiger partial charge < -0.3 is 9.47 Å². The highest BCUT2D eigenvalue weighted by molar-refractivity contribution is 6.17. The highest BCUT2D eigenvalue weighted by Gasteiger charge is 2.09. The molecular formula is C13H18ClN3. The van der Waals surface area contributed by atoms with Crippen LogP contribution >= 0.6 is 11.6 Å². The first-order chi connectivity index (χ1) is 8.22.